The standard InChI is InChI=1S/C15H10ClN5/c16-10-4-5-13-11(7-10)15(12-3-1-2-6-17-12)18-8-14-20-19-9-21(13)14/h1-7,9H,8H2. The number of pyridine rings is 1. The molecule has 102 valence electrons. The molecule has 3 aromatic rings. The topological polar surface area (TPSA) is 56.0 Å². The molecule has 3 heterocycles. The van der Waals surface area contributed by atoms with E-state index in [1.54, 1.807) is 12.5 Å². The normalized spacial score (nSPS) is 13.1. The van der Waals surface area contributed by atoms with Crippen LogP contribution in [0, 0.1) is 0 Å². The summed E-state index contributed by atoms with van der Waals surface area (Å²) < 4.78 is 1.94. The van der Waals surface area contributed by atoms with E-state index < -0.39 is 0 Å². The van der Waals surface area contributed by atoms with Crippen LogP contribution in [0.4, 0.5) is 0 Å². The molecule has 1 aliphatic heterocycles. The maximum atomic E-state index is 6.17. The second kappa shape index (κ2) is 4.79. The molecule has 0 unspecified atom stereocenters. The van der Waals surface area contributed by atoms with Gasteiger partial charge in [0.15, 0.2) is 5.82 Å². The molecule has 0 amide bonds. The van der Waals surface area contributed by atoms with Gasteiger partial charge in [-0.1, -0.05) is 17.7 Å². The molecule has 0 radical (unpaired) electrons. The zero-order valence-corrected chi connectivity index (χ0v) is 11.7. The Bertz CT molecular complexity index is 838. The highest BCUT2D eigenvalue weighted by atomic mass is 35.5. The van der Waals surface area contributed by atoms with E-state index in [-0.39, 0.29) is 0 Å². The molecule has 0 saturated heterocycles. The number of aliphatic imine (C=N–C) groups is 1. The molecule has 0 fully saturated rings. The maximum Gasteiger partial charge on any atom is 0.159 e. The van der Waals surface area contributed by atoms with E-state index >= 15 is 0 Å². The van der Waals surface area contributed by atoms with Gasteiger partial charge < -0.3 is 0 Å². The number of halogens is 1. The highest BCUT2D eigenvalue weighted by Gasteiger charge is 2.20. The molecule has 1 aliphatic rings. The average molecular weight is 296 g/mol. The third-order valence-electron chi connectivity index (χ3n) is 3.38. The number of fused-ring (bicyclic) bond motifs is 3. The minimum atomic E-state index is 0.457. The van der Waals surface area contributed by atoms with Crippen LogP contribution in [0.2, 0.25) is 5.02 Å². The van der Waals surface area contributed by atoms with Crippen LogP contribution in [0.3, 0.4) is 0 Å². The molecule has 0 spiro atoms. The van der Waals surface area contributed by atoms with Crippen LogP contribution in [0.5, 0.6) is 0 Å². The van der Waals surface area contributed by atoms with Crippen LogP contribution >= 0.6 is 11.6 Å². The summed E-state index contributed by atoms with van der Waals surface area (Å²) in [4.78, 5) is 9.06. The van der Waals surface area contributed by atoms with Gasteiger partial charge in [-0.3, -0.25) is 14.5 Å². The van der Waals surface area contributed by atoms with Crippen molar-refractivity contribution in [2.45, 2.75) is 6.54 Å². The van der Waals surface area contributed by atoms with E-state index in [4.69, 9.17) is 11.6 Å². The van der Waals surface area contributed by atoms with Crippen molar-refractivity contribution in [2.24, 2.45) is 4.99 Å². The Labute approximate surface area is 126 Å². The lowest BCUT2D eigenvalue weighted by atomic mass is 10.0. The first-order valence-electron chi connectivity index (χ1n) is 6.48. The molecule has 6 heteroatoms. The first-order valence-corrected chi connectivity index (χ1v) is 6.86. The Morgan fingerprint density at radius 3 is 2.95 bits per heavy atom. The van der Waals surface area contributed by atoms with E-state index in [1.807, 2.05) is 41.0 Å². The van der Waals surface area contributed by atoms with Gasteiger partial charge in [0.25, 0.3) is 0 Å². The molecule has 2 aromatic heterocycles. The van der Waals surface area contributed by atoms with Crippen molar-refractivity contribution < 1.29 is 0 Å². The number of hydrogen-bond donors (Lipinski definition) is 0. The third kappa shape index (κ3) is 2.02. The van der Waals surface area contributed by atoms with Gasteiger partial charge in [0, 0.05) is 16.8 Å². The van der Waals surface area contributed by atoms with Crippen molar-refractivity contribution in [3.05, 3.63) is 71.0 Å². The smallest absolute Gasteiger partial charge is 0.159 e. The van der Waals surface area contributed by atoms with Crippen molar-refractivity contribution in [3.63, 3.8) is 0 Å². The zero-order valence-electron chi connectivity index (χ0n) is 10.9. The SMILES string of the molecule is Clc1ccc2c(c1)C(c1ccccn1)=NCc1nncn1-2. The van der Waals surface area contributed by atoms with Crippen LogP contribution in [-0.2, 0) is 6.54 Å². The fourth-order valence-corrected chi connectivity index (χ4v) is 2.60. The Morgan fingerprint density at radius 1 is 1.14 bits per heavy atom. The van der Waals surface area contributed by atoms with Gasteiger partial charge >= 0.3 is 0 Å². The lowest BCUT2D eigenvalue weighted by Gasteiger charge is -2.10. The molecular formula is C15H10ClN5. The van der Waals surface area contributed by atoms with Crippen LogP contribution in [0.15, 0.2) is 53.9 Å². The second-order valence-corrected chi connectivity index (χ2v) is 5.09. The summed E-state index contributed by atoms with van der Waals surface area (Å²) in [6.45, 7) is 0.457. The number of nitrogens with zero attached hydrogens (tertiary/aromatic N) is 5. The summed E-state index contributed by atoms with van der Waals surface area (Å²) in [6, 6.07) is 11.5. The Balaban J connectivity index is 2.00. The molecule has 1 aromatic carbocycles. The number of hydrogen-bond acceptors (Lipinski definition) is 4. The minimum absolute atomic E-state index is 0.457. The fourth-order valence-electron chi connectivity index (χ4n) is 2.43. The van der Waals surface area contributed by atoms with Crippen molar-refractivity contribution >= 4 is 17.3 Å². The quantitative estimate of drug-likeness (QED) is 0.693. The van der Waals surface area contributed by atoms with Gasteiger partial charge in [0.1, 0.15) is 12.9 Å². The van der Waals surface area contributed by atoms with Gasteiger partial charge in [-0.15, -0.1) is 10.2 Å². The largest absolute Gasteiger partial charge is 0.283 e. The molecule has 0 N–H and O–H groups in total. The van der Waals surface area contributed by atoms with Crippen molar-refractivity contribution in [3.8, 4) is 5.69 Å². The number of aromatic nitrogens is 4. The summed E-state index contributed by atoms with van der Waals surface area (Å²) in [5, 5.41) is 8.74. The summed E-state index contributed by atoms with van der Waals surface area (Å²) in [5.41, 5.74) is 3.53. The van der Waals surface area contributed by atoms with E-state index in [1.165, 1.54) is 0 Å². The fraction of sp³-hybridized carbons (Fsp3) is 0.0667. The lowest BCUT2D eigenvalue weighted by molar-refractivity contribution is 0.870. The minimum Gasteiger partial charge on any atom is -0.283 e. The molecular weight excluding hydrogens is 286 g/mol. The number of rotatable bonds is 1. The van der Waals surface area contributed by atoms with E-state index in [9.17, 15) is 0 Å². The van der Waals surface area contributed by atoms with Crippen LogP contribution < -0.4 is 0 Å². The van der Waals surface area contributed by atoms with Gasteiger partial charge in [-0.05, 0) is 30.3 Å². The Morgan fingerprint density at radius 2 is 2.10 bits per heavy atom. The highest BCUT2D eigenvalue weighted by molar-refractivity contribution is 6.31. The van der Waals surface area contributed by atoms with E-state index in [0.29, 0.717) is 11.6 Å². The van der Waals surface area contributed by atoms with Crippen molar-refractivity contribution in [2.75, 3.05) is 0 Å². The first-order chi connectivity index (χ1) is 10.3. The summed E-state index contributed by atoms with van der Waals surface area (Å²) in [5.74, 6) is 0.796. The van der Waals surface area contributed by atoms with Crippen molar-refractivity contribution in [1.82, 2.24) is 19.7 Å². The zero-order chi connectivity index (χ0) is 14.2. The van der Waals surface area contributed by atoms with Crippen LogP contribution in [0.25, 0.3) is 5.69 Å². The van der Waals surface area contributed by atoms with E-state index in [2.05, 4.69) is 20.2 Å². The predicted octanol–water partition coefficient (Wildman–Crippen LogP) is 2.67. The van der Waals surface area contributed by atoms with E-state index in [0.717, 1.165) is 28.5 Å². The van der Waals surface area contributed by atoms with Gasteiger partial charge in [0.2, 0.25) is 0 Å². The molecule has 0 aliphatic carbocycles. The molecule has 0 bridgehead atoms. The Hall–Kier alpha value is -2.53. The molecule has 0 atom stereocenters. The summed E-state index contributed by atoms with van der Waals surface area (Å²) in [6.07, 6.45) is 3.45. The molecule has 5 nitrogen and oxygen atoms in total. The highest BCUT2D eigenvalue weighted by Crippen LogP contribution is 2.26. The van der Waals surface area contributed by atoms with Gasteiger partial charge in [-0.25, -0.2) is 0 Å². The average Bonchev–Trinajstić information content (AvgIpc) is 2.92. The van der Waals surface area contributed by atoms with Gasteiger partial charge in [0.05, 0.1) is 17.1 Å². The van der Waals surface area contributed by atoms with Crippen LogP contribution in [0.1, 0.15) is 17.1 Å². The molecule has 0 saturated carbocycles. The van der Waals surface area contributed by atoms with Crippen LogP contribution in [-0.4, -0.2) is 25.5 Å². The lowest BCUT2D eigenvalue weighted by Crippen LogP contribution is -2.08. The monoisotopic (exact) mass is 295 g/mol. The summed E-state index contributed by atoms with van der Waals surface area (Å²) in [7, 11) is 0. The van der Waals surface area contributed by atoms with Gasteiger partial charge in [-0.2, -0.15) is 0 Å². The number of benzene rings is 1. The summed E-state index contributed by atoms with van der Waals surface area (Å²) >= 11 is 6.17. The third-order valence-corrected chi connectivity index (χ3v) is 3.61. The molecule has 4 rings (SSSR count). The first kappa shape index (κ1) is 12.2. The maximum absolute atomic E-state index is 6.17. The predicted molar refractivity (Wildman–Crippen MR) is 79.9 cm³/mol. The second-order valence-electron chi connectivity index (χ2n) is 4.66. The van der Waals surface area contributed by atoms with Crippen molar-refractivity contribution in [1.29, 1.82) is 0 Å². The Kier molecular flexibility index (Phi) is 2.79. The molecule has 21 heavy (non-hydrogen) atoms.